The van der Waals surface area contributed by atoms with Crippen molar-refractivity contribution in [3.8, 4) is 0 Å². The third-order valence-corrected chi connectivity index (χ3v) is 0.778. The summed E-state index contributed by atoms with van der Waals surface area (Å²) in [7, 11) is 0. The van der Waals surface area contributed by atoms with Crippen LogP contribution < -0.4 is 0 Å². The fraction of sp³-hybridized carbons (Fsp3) is 1.00. The smallest absolute Gasteiger partial charge is 0.0894 e. The third-order valence-electron chi connectivity index (χ3n) is 0.778. The Kier molecular flexibility index (Phi) is 5.80. The van der Waals surface area contributed by atoms with Crippen LogP contribution in [0.5, 0.6) is 0 Å². The van der Waals surface area contributed by atoms with E-state index in [1.54, 1.807) is 0 Å². The summed E-state index contributed by atoms with van der Waals surface area (Å²) in [6.45, 7) is -0.333. The monoisotopic (exact) mass is 105 g/mol. The molecule has 0 aliphatic rings. The molecule has 0 aromatic carbocycles. The summed E-state index contributed by atoms with van der Waals surface area (Å²) in [6, 6.07) is 0. The van der Waals surface area contributed by atoms with Gasteiger partial charge in [-0.1, -0.05) is 0 Å². The summed E-state index contributed by atoms with van der Waals surface area (Å²) >= 11 is 0. The van der Waals surface area contributed by atoms with Crippen LogP contribution in [-0.2, 0) is 5.11 Å². The SMILES string of the molecule is [O]CCCCCF. The predicted octanol–water partition coefficient (Wildman–Crippen LogP) is 1.56. The van der Waals surface area contributed by atoms with Crippen LogP contribution in [0.1, 0.15) is 19.3 Å². The predicted molar refractivity (Wildman–Crippen MR) is 25.4 cm³/mol. The molecule has 1 nitrogen and oxygen atoms in total. The molecule has 0 amide bonds. The molecule has 0 spiro atoms. The zero-order chi connectivity index (χ0) is 5.54. The second-order valence-electron chi connectivity index (χ2n) is 1.45. The number of halogens is 1. The average molecular weight is 105 g/mol. The van der Waals surface area contributed by atoms with Crippen LogP contribution in [0, 0.1) is 0 Å². The Balaban J connectivity index is 2.45. The Hall–Kier alpha value is -0.110. The van der Waals surface area contributed by atoms with Crippen LogP contribution in [0.4, 0.5) is 4.39 Å². The van der Waals surface area contributed by atoms with E-state index in [0.717, 1.165) is 6.42 Å². The van der Waals surface area contributed by atoms with Crippen molar-refractivity contribution in [2.45, 2.75) is 19.3 Å². The summed E-state index contributed by atoms with van der Waals surface area (Å²) in [4.78, 5) is 0. The highest BCUT2D eigenvalue weighted by atomic mass is 19.1. The van der Waals surface area contributed by atoms with E-state index in [4.69, 9.17) is 0 Å². The minimum atomic E-state index is -0.278. The highest BCUT2D eigenvalue weighted by Gasteiger charge is 1.83. The summed E-state index contributed by atoms with van der Waals surface area (Å²) in [5.41, 5.74) is 0. The number of hydrogen-bond acceptors (Lipinski definition) is 0. The van der Waals surface area contributed by atoms with E-state index < -0.39 is 0 Å². The summed E-state index contributed by atoms with van der Waals surface area (Å²) in [5.74, 6) is 0. The fourth-order valence-electron chi connectivity index (χ4n) is 0.373. The van der Waals surface area contributed by atoms with Crippen LogP contribution in [0.15, 0.2) is 0 Å². The van der Waals surface area contributed by atoms with Gasteiger partial charge in [-0.15, -0.1) is 0 Å². The Morgan fingerprint density at radius 3 is 2.29 bits per heavy atom. The van der Waals surface area contributed by atoms with Gasteiger partial charge in [0.15, 0.2) is 0 Å². The second kappa shape index (κ2) is 5.89. The van der Waals surface area contributed by atoms with Gasteiger partial charge in [-0.2, -0.15) is 0 Å². The first kappa shape index (κ1) is 6.89. The molecule has 0 aromatic rings. The molecule has 0 N–H and O–H groups in total. The molecule has 0 saturated carbocycles. The van der Waals surface area contributed by atoms with Gasteiger partial charge in [-0.3, -0.25) is 4.39 Å². The molecule has 2 heteroatoms. The van der Waals surface area contributed by atoms with E-state index in [-0.39, 0.29) is 13.3 Å². The minimum Gasteiger partial charge on any atom is -0.251 e. The minimum absolute atomic E-state index is 0.0556. The van der Waals surface area contributed by atoms with Gasteiger partial charge in [-0.25, -0.2) is 5.11 Å². The van der Waals surface area contributed by atoms with E-state index in [9.17, 15) is 9.50 Å². The highest BCUT2D eigenvalue weighted by Crippen LogP contribution is 1.92. The molecule has 1 radical (unpaired) electrons. The molecule has 0 aliphatic heterocycles. The van der Waals surface area contributed by atoms with E-state index >= 15 is 0 Å². The largest absolute Gasteiger partial charge is 0.251 e. The molecule has 7 heavy (non-hydrogen) atoms. The van der Waals surface area contributed by atoms with E-state index in [1.807, 2.05) is 0 Å². The third kappa shape index (κ3) is 5.89. The van der Waals surface area contributed by atoms with Crippen molar-refractivity contribution in [1.29, 1.82) is 0 Å². The lowest BCUT2D eigenvalue weighted by atomic mass is 10.3. The van der Waals surface area contributed by atoms with Gasteiger partial charge in [0.25, 0.3) is 0 Å². The van der Waals surface area contributed by atoms with Crippen molar-refractivity contribution in [3.63, 3.8) is 0 Å². The highest BCUT2D eigenvalue weighted by molar-refractivity contribution is 4.35. The maximum atomic E-state index is 11.2. The molecular weight excluding hydrogens is 95.1 g/mol. The van der Waals surface area contributed by atoms with Crippen molar-refractivity contribution in [2.75, 3.05) is 13.3 Å². The van der Waals surface area contributed by atoms with Crippen molar-refractivity contribution in [3.05, 3.63) is 0 Å². The number of hydrogen-bond donors (Lipinski definition) is 0. The molecule has 0 heterocycles. The topological polar surface area (TPSA) is 19.9 Å². The first-order valence-corrected chi connectivity index (χ1v) is 2.56. The van der Waals surface area contributed by atoms with Crippen LogP contribution in [0.2, 0.25) is 0 Å². The van der Waals surface area contributed by atoms with Crippen molar-refractivity contribution >= 4 is 0 Å². The average Bonchev–Trinajstić information content (AvgIpc) is 1.69. The van der Waals surface area contributed by atoms with E-state index in [0.29, 0.717) is 12.8 Å². The van der Waals surface area contributed by atoms with Gasteiger partial charge in [0, 0.05) is 0 Å². The number of rotatable bonds is 4. The molecule has 43 valence electrons. The molecule has 0 atom stereocenters. The number of alkyl halides is 1. The zero-order valence-electron chi connectivity index (χ0n) is 4.32. The maximum Gasteiger partial charge on any atom is 0.0894 e. The summed E-state index contributed by atoms with van der Waals surface area (Å²) in [5, 5.41) is 9.68. The molecular formula is C5H10FO. The van der Waals surface area contributed by atoms with Crippen LogP contribution in [-0.4, -0.2) is 13.3 Å². The zero-order valence-corrected chi connectivity index (χ0v) is 4.32. The molecule has 0 unspecified atom stereocenters. The van der Waals surface area contributed by atoms with Gasteiger partial charge in [0.05, 0.1) is 13.3 Å². The Morgan fingerprint density at radius 1 is 1.14 bits per heavy atom. The van der Waals surface area contributed by atoms with E-state index in [2.05, 4.69) is 0 Å². The molecule has 0 saturated heterocycles. The second-order valence-corrected chi connectivity index (χ2v) is 1.45. The Labute approximate surface area is 43.2 Å². The normalized spacial score (nSPS) is 9.43. The van der Waals surface area contributed by atoms with E-state index in [1.165, 1.54) is 0 Å². The lowest BCUT2D eigenvalue weighted by molar-refractivity contribution is 0.185. The number of unbranched alkanes of at least 4 members (excludes halogenated alkanes) is 2. The first-order chi connectivity index (χ1) is 3.41. The Bertz CT molecular complexity index is 27.3. The van der Waals surface area contributed by atoms with Crippen molar-refractivity contribution in [1.82, 2.24) is 0 Å². The quantitative estimate of drug-likeness (QED) is 0.483. The lowest BCUT2D eigenvalue weighted by Crippen LogP contribution is -1.81. The maximum absolute atomic E-state index is 11.2. The van der Waals surface area contributed by atoms with Gasteiger partial charge in [0.1, 0.15) is 0 Å². The van der Waals surface area contributed by atoms with Crippen LogP contribution in [0.3, 0.4) is 0 Å². The van der Waals surface area contributed by atoms with Crippen LogP contribution >= 0.6 is 0 Å². The van der Waals surface area contributed by atoms with Crippen molar-refractivity contribution < 1.29 is 9.50 Å². The molecule has 0 fully saturated rings. The van der Waals surface area contributed by atoms with Gasteiger partial charge >= 0.3 is 0 Å². The van der Waals surface area contributed by atoms with Gasteiger partial charge in [0.2, 0.25) is 0 Å². The molecule has 0 aromatic heterocycles. The standard InChI is InChI=1S/C5H10FO/c6-4-2-1-3-5-7/h1-5H2. The molecule has 0 aliphatic carbocycles. The Morgan fingerprint density at radius 2 is 1.86 bits per heavy atom. The fourth-order valence-corrected chi connectivity index (χ4v) is 0.373. The van der Waals surface area contributed by atoms with Crippen LogP contribution in [0.25, 0.3) is 0 Å². The van der Waals surface area contributed by atoms with Crippen molar-refractivity contribution in [2.24, 2.45) is 0 Å². The summed E-state index contributed by atoms with van der Waals surface area (Å²) < 4.78 is 11.2. The van der Waals surface area contributed by atoms with Gasteiger partial charge < -0.3 is 0 Å². The summed E-state index contributed by atoms with van der Waals surface area (Å²) in [6.07, 6.45) is 1.94. The molecule has 0 bridgehead atoms. The first-order valence-electron chi connectivity index (χ1n) is 2.56. The molecule has 0 rings (SSSR count). The lowest BCUT2D eigenvalue weighted by Gasteiger charge is -1.87. The van der Waals surface area contributed by atoms with Gasteiger partial charge in [-0.05, 0) is 19.3 Å².